The second-order valence-electron chi connectivity index (χ2n) is 13.7. The average Bonchev–Trinajstić information content (AvgIpc) is 3.81. The number of fused-ring (bicyclic) bond motifs is 7. The molecular weight excluding hydrogens is 689 g/mol. The van der Waals surface area contributed by atoms with Crippen LogP contribution >= 0.6 is 0 Å². The van der Waals surface area contributed by atoms with E-state index in [4.69, 9.17) is 30.1 Å². The van der Waals surface area contributed by atoms with Crippen molar-refractivity contribution in [1.82, 2.24) is 39.3 Å². The van der Waals surface area contributed by atoms with E-state index in [1.807, 2.05) is 97.6 Å². The zero-order valence-electron chi connectivity index (χ0n) is 29.9. The first-order valence-corrected chi connectivity index (χ1v) is 18.4. The third-order valence-corrected chi connectivity index (χ3v) is 10.4. The molecule has 0 radical (unpaired) electrons. The molecule has 4 aromatic carbocycles. The summed E-state index contributed by atoms with van der Waals surface area (Å²) in [4.78, 5) is 19.1. The third kappa shape index (κ3) is 5.15. The fourth-order valence-electron chi connectivity index (χ4n) is 7.93. The zero-order chi connectivity index (χ0) is 37.0. The van der Waals surface area contributed by atoms with Crippen LogP contribution in [0.2, 0.25) is 0 Å². The van der Waals surface area contributed by atoms with E-state index in [2.05, 4.69) is 94.1 Å². The molecule has 0 bridgehead atoms. The highest BCUT2D eigenvalue weighted by Crippen LogP contribution is 2.42. The van der Waals surface area contributed by atoms with Gasteiger partial charge in [0.05, 0.1) is 33.8 Å². The molecule has 11 rings (SSSR count). The topological polar surface area (TPSA) is 87.2 Å². The molecule has 0 amide bonds. The summed E-state index contributed by atoms with van der Waals surface area (Å²) >= 11 is 0. The summed E-state index contributed by atoms with van der Waals surface area (Å²) in [5.74, 6) is 0. The van der Waals surface area contributed by atoms with Crippen molar-refractivity contribution in [2.75, 3.05) is 0 Å². The summed E-state index contributed by atoms with van der Waals surface area (Å²) in [5.41, 5.74) is 14.9. The number of benzene rings is 4. The lowest BCUT2D eigenvalue weighted by Gasteiger charge is -2.16. The highest BCUT2D eigenvalue weighted by Gasteiger charge is 2.24. The molecule has 0 aliphatic rings. The van der Waals surface area contributed by atoms with Crippen LogP contribution in [0.1, 0.15) is 0 Å². The van der Waals surface area contributed by atoms with Crippen LogP contribution < -0.4 is 0 Å². The molecule has 7 aromatic heterocycles. The Kier molecular flexibility index (Phi) is 7.31. The Morgan fingerprint density at radius 1 is 0.321 bits per heavy atom. The van der Waals surface area contributed by atoms with Crippen molar-refractivity contribution in [3.05, 3.63) is 183 Å². The van der Waals surface area contributed by atoms with Crippen LogP contribution in [-0.2, 0) is 0 Å². The van der Waals surface area contributed by atoms with Gasteiger partial charge in [-0.2, -0.15) is 0 Å². The first-order chi connectivity index (χ1) is 27.8. The summed E-state index contributed by atoms with van der Waals surface area (Å²) < 4.78 is 4.66. The van der Waals surface area contributed by atoms with Gasteiger partial charge in [0.2, 0.25) is 0 Å². The molecule has 0 saturated carbocycles. The maximum atomic E-state index is 5.00. The minimum absolute atomic E-state index is 0.811. The second kappa shape index (κ2) is 12.9. The van der Waals surface area contributed by atoms with Crippen molar-refractivity contribution < 1.29 is 0 Å². The van der Waals surface area contributed by atoms with E-state index < -0.39 is 0 Å². The predicted octanol–water partition coefficient (Wildman–Crippen LogP) is 10.9. The molecular formula is C48H30N8. The minimum atomic E-state index is 0.811. The van der Waals surface area contributed by atoms with Gasteiger partial charge in [-0.05, 0) is 97.1 Å². The van der Waals surface area contributed by atoms with Crippen molar-refractivity contribution >= 4 is 43.9 Å². The number of aromatic nitrogens is 8. The fourth-order valence-corrected chi connectivity index (χ4v) is 7.93. The Hall–Kier alpha value is -7.84. The van der Waals surface area contributed by atoms with E-state index in [9.17, 15) is 0 Å². The number of hydrogen-bond acceptors (Lipinski definition) is 6. The van der Waals surface area contributed by atoms with Crippen LogP contribution in [0, 0.1) is 0 Å². The van der Waals surface area contributed by atoms with Crippen LogP contribution in [0.25, 0.3) is 100 Å². The van der Waals surface area contributed by atoms with Crippen molar-refractivity contribution in [3.8, 4) is 56.4 Å². The van der Waals surface area contributed by atoms with Crippen molar-refractivity contribution in [2.24, 2.45) is 0 Å². The summed E-state index contributed by atoms with van der Waals surface area (Å²) in [6.45, 7) is 0. The second-order valence-corrected chi connectivity index (χ2v) is 13.7. The minimum Gasteiger partial charge on any atom is -0.306 e. The fraction of sp³-hybridized carbons (Fsp3) is 0. The van der Waals surface area contributed by atoms with Gasteiger partial charge in [0, 0.05) is 69.2 Å². The van der Waals surface area contributed by atoms with E-state index in [0.29, 0.717) is 0 Å². The normalized spacial score (nSPS) is 11.6. The summed E-state index contributed by atoms with van der Waals surface area (Å²) in [6, 6.07) is 54.0. The Morgan fingerprint density at radius 2 is 0.643 bits per heavy atom. The molecule has 8 heteroatoms. The smallest absolute Gasteiger partial charge is 0.121 e. The lowest BCUT2D eigenvalue weighted by molar-refractivity contribution is 1.10. The SMILES string of the molecule is c1ccc(-c2cc(-c3ccccn3)cc(-n3c4ccccc4c4nnc5c6ccccc6n(-c6cc(-c7ccccn7)cc(-c7ccccn7)c6)c5c43)c2)nc1. The van der Waals surface area contributed by atoms with Crippen LogP contribution in [0.5, 0.6) is 0 Å². The standard InChI is InChI=1S/C48H30N8/c1-3-19-43-37(13-1)45-47(55(43)35-27-31(39-15-5-9-21-49-39)25-32(28-35)40-16-6-10-22-50-40)48-46(54-53-45)38-14-2-4-20-44(38)56(48)36-29-33(41-17-7-11-23-51-41)26-34(30-36)42-18-8-12-24-52-42/h1-30H. The van der Waals surface area contributed by atoms with E-state index in [1.54, 1.807) is 0 Å². The van der Waals surface area contributed by atoms with Crippen LogP contribution in [0.3, 0.4) is 0 Å². The number of hydrogen-bond donors (Lipinski definition) is 0. The maximum Gasteiger partial charge on any atom is 0.121 e. The Morgan fingerprint density at radius 3 is 0.964 bits per heavy atom. The average molecular weight is 719 g/mol. The molecule has 0 aliphatic carbocycles. The van der Waals surface area contributed by atoms with Gasteiger partial charge in [0.15, 0.2) is 0 Å². The molecule has 0 N–H and O–H groups in total. The molecule has 0 aliphatic heterocycles. The van der Waals surface area contributed by atoms with Crippen LogP contribution in [-0.4, -0.2) is 39.3 Å². The summed E-state index contributed by atoms with van der Waals surface area (Å²) in [5, 5.41) is 12.0. The molecule has 56 heavy (non-hydrogen) atoms. The highest BCUT2D eigenvalue weighted by molar-refractivity contribution is 6.20. The summed E-state index contributed by atoms with van der Waals surface area (Å²) in [7, 11) is 0. The van der Waals surface area contributed by atoms with Gasteiger partial charge >= 0.3 is 0 Å². The monoisotopic (exact) mass is 718 g/mol. The molecule has 0 unspecified atom stereocenters. The first kappa shape index (κ1) is 31.7. The molecule has 8 nitrogen and oxygen atoms in total. The van der Waals surface area contributed by atoms with E-state index in [-0.39, 0.29) is 0 Å². The highest BCUT2D eigenvalue weighted by atomic mass is 15.2. The molecule has 0 atom stereocenters. The maximum absolute atomic E-state index is 5.00. The molecule has 11 aromatic rings. The summed E-state index contributed by atoms with van der Waals surface area (Å²) in [6.07, 6.45) is 7.33. The van der Waals surface area contributed by atoms with Crippen molar-refractivity contribution in [3.63, 3.8) is 0 Å². The number of nitrogens with zero attached hydrogens (tertiary/aromatic N) is 8. The van der Waals surface area contributed by atoms with Gasteiger partial charge in [0.25, 0.3) is 0 Å². The number of pyridine rings is 4. The molecule has 262 valence electrons. The van der Waals surface area contributed by atoms with E-state index >= 15 is 0 Å². The molecule has 0 spiro atoms. The predicted molar refractivity (Wildman–Crippen MR) is 224 cm³/mol. The van der Waals surface area contributed by atoms with Crippen LogP contribution in [0.15, 0.2) is 183 Å². The number of para-hydroxylation sites is 2. The Bertz CT molecular complexity index is 2900. The van der Waals surface area contributed by atoms with Gasteiger partial charge in [-0.25, -0.2) is 0 Å². The van der Waals surface area contributed by atoms with Gasteiger partial charge < -0.3 is 9.13 Å². The van der Waals surface area contributed by atoms with Gasteiger partial charge in [-0.15, -0.1) is 10.2 Å². The molecule has 7 heterocycles. The zero-order valence-corrected chi connectivity index (χ0v) is 29.9. The molecule has 0 saturated heterocycles. The molecule has 0 fully saturated rings. The van der Waals surface area contributed by atoms with Crippen LogP contribution in [0.4, 0.5) is 0 Å². The van der Waals surface area contributed by atoms with E-state index in [1.165, 1.54) is 0 Å². The Balaban J connectivity index is 1.29. The quantitative estimate of drug-likeness (QED) is 0.170. The number of rotatable bonds is 6. The van der Waals surface area contributed by atoms with Gasteiger partial charge in [0.1, 0.15) is 22.1 Å². The van der Waals surface area contributed by atoms with Gasteiger partial charge in [-0.1, -0.05) is 60.7 Å². The largest absolute Gasteiger partial charge is 0.306 e. The van der Waals surface area contributed by atoms with Crippen molar-refractivity contribution in [2.45, 2.75) is 0 Å². The Labute approximate surface area is 321 Å². The lowest BCUT2D eigenvalue weighted by atomic mass is 10.0. The van der Waals surface area contributed by atoms with Crippen molar-refractivity contribution in [1.29, 1.82) is 0 Å². The van der Waals surface area contributed by atoms with E-state index in [0.717, 1.165) is 100 Å². The van der Waals surface area contributed by atoms with Gasteiger partial charge in [-0.3, -0.25) is 19.9 Å². The lowest BCUT2D eigenvalue weighted by Crippen LogP contribution is -2.02. The first-order valence-electron chi connectivity index (χ1n) is 18.4. The third-order valence-electron chi connectivity index (χ3n) is 10.4.